The van der Waals surface area contributed by atoms with Crippen molar-refractivity contribution in [3.8, 4) is 0 Å². The van der Waals surface area contributed by atoms with Crippen LogP contribution in [0, 0.1) is 5.92 Å². The highest BCUT2D eigenvalue weighted by molar-refractivity contribution is 5.81. The van der Waals surface area contributed by atoms with Crippen molar-refractivity contribution < 1.29 is 4.79 Å². The van der Waals surface area contributed by atoms with Crippen molar-refractivity contribution in [3.05, 3.63) is 0 Å². The van der Waals surface area contributed by atoms with Crippen molar-refractivity contribution in [2.45, 2.75) is 46.5 Å². The van der Waals surface area contributed by atoms with Crippen LogP contribution in [-0.4, -0.2) is 49.5 Å². The lowest BCUT2D eigenvalue weighted by Crippen LogP contribution is -2.39. The quantitative estimate of drug-likeness (QED) is 0.551. The van der Waals surface area contributed by atoms with Gasteiger partial charge in [-0.3, -0.25) is 9.79 Å². The van der Waals surface area contributed by atoms with Crippen LogP contribution in [0.25, 0.3) is 0 Å². The second kappa shape index (κ2) is 9.61. The molecule has 20 heavy (non-hydrogen) atoms. The van der Waals surface area contributed by atoms with E-state index in [4.69, 9.17) is 0 Å². The van der Waals surface area contributed by atoms with Crippen molar-refractivity contribution in [3.63, 3.8) is 0 Å². The van der Waals surface area contributed by atoms with Gasteiger partial charge in [-0.15, -0.1) is 0 Å². The zero-order valence-corrected chi connectivity index (χ0v) is 13.2. The van der Waals surface area contributed by atoms with E-state index in [-0.39, 0.29) is 5.91 Å². The molecule has 1 aliphatic rings. The van der Waals surface area contributed by atoms with Crippen molar-refractivity contribution in [1.82, 2.24) is 15.5 Å². The largest absolute Gasteiger partial charge is 0.357 e. The molecule has 2 N–H and O–H groups in total. The third-order valence-corrected chi connectivity index (χ3v) is 3.41. The Morgan fingerprint density at radius 2 is 1.95 bits per heavy atom. The maximum atomic E-state index is 11.9. The lowest BCUT2D eigenvalue weighted by atomic mass is 10.1. The third-order valence-electron chi connectivity index (χ3n) is 3.41. The van der Waals surface area contributed by atoms with Gasteiger partial charge in [0, 0.05) is 39.1 Å². The van der Waals surface area contributed by atoms with Gasteiger partial charge in [-0.05, 0) is 32.1 Å². The zero-order chi connectivity index (χ0) is 14.8. The van der Waals surface area contributed by atoms with E-state index in [1.165, 1.54) is 0 Å². The molecule has 0 unspecified atom stereocenters. The average molecular weight is 282 g/mol. The lowest BCUT2D eigenvalue weighted by Gasteiger charge is -2.16. The van der Waals surface area contributed by atoms with Gasteiger partial charge in [-0.2, -0.15) is 0 Å². The third kappa shape index (κ3) is 6.78. The predicted octanol–water partition coefficient (Wildman–Crippen LogP) is 1.60. The van der Waals surface area contributed by atoms with E-state index in [0.717, 1.165) is 51.4 Å². The molecule has 1 amide bonds. The van der Waals surface area contributed by atoms with E-state index >= 15 is 0 Å². The summed E-state index contributed by atoms with van der Waals surface area (Å²) in [6.45, 7) is 10.6. The fourth-order valence-electron chi connectivity index (χ4n) is 2.19. The molecule has 0 aromatic carbocycles. The number of guanidine groups is 1. The van der Waals surface area contributed by atoms with Crippen LogP contribution in [0.4, 0.5) is 0 Å². The molecule has 0 bridgehead atoms. The molecule has 0 radical (unpaired) electrons. The molecule has 0 saturated carbocycles. The Morgan fingerprint density at radius 3 is 2.55 bits per heavy atom. The number of nitrogens with one attached hydrogen (secondary N) is 2. The van der Waals surface area contributed by atoms with E-state index in [1.807, 2.05) is 4.90 Å². The number of rotatable bonds is 7. The minimum Gasteiger partial charge on any atom is -0.357 e. The minimum absolute atomic E-state index is 0.257. The first-order chi connectivity index (χ1) is 9.63. The van der Waals surface area contributed by atoms with Gasteiger partial charge in [0.1, 0.15) is 0 Å². The van der Waals surface area contributed by atoms with E-state index in [1.54, 1.807) is 0 Å². The standard InChI is InChI=1S/C15H30N4O/c1-4-16-15(17-9-7-13(2)3)18-10-8-14(20)19-11-5-6-12-19/h13H,4-12H2,1-3H3,(H2,16,17,18). The molecule has 1 saturated heterocycles. The van der Waals surface area contributed by atoms with Gasteiger partial charge in [-0.1, -0.05) is 13.8 Å². The SMILES string of the molecule is CCNC(=NCCC(C)C)NCCC(=O)N1CCCC1. The summed E-state index contributed by atoms with van der Waals surface area (Å²) in [5, 5.41) is 6.45. The molecular formula is C15H30N4O. The van der Waals surface area contributed by atoms with Crippen LogP contribution < -0.4 is 10.6 Å². The highest BCUT2D eigenvalue weighted by atomic mass is 16.2. The van der Waals surface area contributed by atoms with Crippen molar-refractivity contribution in [2.24, 2.45) is 10.9 Å². The Hall–Kier alpha value is -1.26. The second-order valence-corrected chi connectivity index (χ2v) is 5.71. The topological polar surface area (TPSA) is 56.7 Å². The molecule has 1 aliphatic heterocycles. The van der Waals surface area contributed by atoms with Gasteiger partial charge in [0.2, 0.25) is 5.91 Å². The number of aliphatic imine (C=N–C) groups is 1. The number of hydrogen-bond donors (Lipinski definition) is 2. The molecule has 1 rings (SSSR count). The maximum absolute atomic E-state index is 11.9. The van der Waals surface area contributed by atoms with Crippen LogP contribution in [-0.2, 0) is 4.79 Å². The fourth-order valence-corrected chi connectivity index (χ4v) is 2.19. The summed E-state index contributed by atoms with van der Waals surface area (Å²) in [5.41, 5.74) is 0. The van der Waals surface area contributed by atoms with Crippen molar-refractivity contribution in [1.29, 1.82) is 0 Å². The van der Waals surface area contributed by atoms with Crippen molar-refractivity contribution in [2.75, 3.05) is 32.7 Å². The molecule has 5 nitrogen and oxygen atoms in total. The number of hydrogen-bond acceptors (Lipinski definition) is 2. The highest BCUT2D eigenvalue weighted by Crippen LogP contribution is 2.08. The minimum atomic E-state index is 0.257. The second-order valence-electron chi connectivity index (χ2n) is 5.71. The van der Waals surface area contributed by atoms with E-state index in [9.17, 15) is 4.79 Å². The van der Waals surface area contributed by atoms with Gasteiger partial charge >= 0.3 is 0 Å². The summed E-state index contributed by atoms with van der Waals surface area (Å²) in [4.78, 5) is 18.4. The summed E-state index contributed by atoms with van der Waals surface area (Å²) >= 11 is 0. The van der Waals surface area contributed by atoms with Crippen LogP contribution in [0.5, 0.6) is 0 Å². The monoisotopic (exact) mass is 282 g/mol. The Labute approximate surface area is 123 Å². The normalized spacial score (nSPS) is 15.8. The Kier molecular flexibility index (Phi) is 8.07. The molecule has 0 aromatic heterocycles. The molecule has 0 atom stereocenters. The van der Waals surface area contributed by atoms with Crippen LogP contribution in [0.15, 0.2) is 4.99 Å². The first-order valence-electron chi connectivity index (χ1n) is 7.93. The number of nitrogens with zero attached hydrogens (tertiary/aromatic N) is 2. The van der Waals surface area contributed by atoms with Gasteiger partial charge < -0.3 is 15.5 Å². The predicted molar refractivity (Wildman–Crippen MR) is 83.9 cm³/mol. The molecule has 5 heteroatoms. The van der Waals surface area contributed by atoms with E-state index < -0.39 is 0 Å². The number of carbonyl (C=O) groups excluding carboxylic acids is 1. The molecule has 0 aliphatic carbocycles. The number of amides is 1. The summed E-state index contributed by atoms with van der Waals surface area (Å²) in [7, 11) is 0. The lowest BCUT2D eigenvalue weighted by molar-refractivity contribution is -0.129. The van der Waals surface area contributed by atoms with Crippen LogP contribution in [0.1, 0.15) is 46.5 Å². The molecular weight excluding hydrogens is 252 g/mol. The summed E-state index contributed by atoms with van der Waals surface area (Å²) in [6, 6.07) is 0. The van der Waals surface area contributed by atoms with Gasteiger partial charge in [-0.25, -0.2) is 0 Å². The summed E-state index contributed by atoms with van der Waals surface area (Å²) < 4.78 is 0. The molecule has 1 heterocycles. The molecule has 116 valence electrons. The van der Waals surface area contributed by atoms with Crippen LogP contribution in [0.2, 0.25) is 0 Å². The highest BCUT2D eigenvalue weighted by Gasteiger charge is 2.17. The maximum Gasteiger partial charge on any atom is 0.224 e. The van der Waals surface area contributed by atoms with E-state index in [0.29, 0.717) is 18.9 Å². The number of likely N-dealkylation sites (tertiary alicyclic amines) is 1. The smallest absolute Gasteiger partial charge is 0.224 e. The van der Waals surface area contributed by atoms with Crippen LogP contribution in [0.3, 0.4) is 0 Å². The Morgan fingerprint density at radius 1 is 1.25 bits per heavy atom. The molecule has 0 spiro atoms. The average Bonchev–Trinajstić information content (AvgIpc) is 2.92. The summed E-state index contributed by atoms with van der Waals surface area (Å²) in [6.07, 6.45) is 3.94. The van der Waals surface area contributed by atoms with Crippen molar-refractivity contribution >= 4 is 11.9 Å². The first-order valence-corrected chi connectivity index (χ1v) is 7.93. The number of carbonyl (C=O) groups is 1. The first kappa shape index (κ1) is 16.8. The van der Waals surface area contributed by atoms with Gasteiger partial charge in [0.25, 0.3) is 0 Å². The molecule has 1 fully saturated rings. The van der Waals surface area contributed by atoms with Gasteiger partial charge in [0.15, 0.2) is 5.96 Å². The van der Waals surface area contributed by atoms with Gasteiger partial charge in [0.05, 0.1) is 0 Å². The van der Waals surface area contributed by atoms with E-state index in [2.05, 4.69) is 36.4 Å². The summed E-state index contributed by atoms with van der Waals surface area (Å²) in [5.74, 6) is 1.74. The molecule has 0 aromatic rings. The Bertz CT molecular complexity index is 309. The van der Waals surface area contributed by atoms with Crippen LogP contribution >= 0.6 is 0 Å². The zero-order valence-electron chi connectivity index (χ0n) is 13.2. The Balaban J connectivity index is 2.25. The fraction of sp³-hybridized carbons (Fsp3) is 0.867.